The number of hydrogen-bond donors (Lipinski definition) is 1. The molecule has 124 valence electrons. The summed E-state index contributed by atoms with van der Waals surface area (Å²) in [6, 6.07) is 4.83. The Hall–Kier alpha value is -0.590. The maximum absolute atomic E-state index is 13.4. The van der Waals surface area contributed by atoms with Crippen molar-refractivity contribution in [2.45, 2.75) is 49.3 Å². The minimum atomic E-state index is -3.03. The Morgan fingerprint density at radius 2 is 2.00 bits per heavy atom. The predicted molar refractivity (Wildman–Crippen MR) is 91.3 cm³/mol. The summed E-state index contributed by atoms with van der Waals surface area (Å²) in [5.74, 6) is 0.536. The molecule has 1 aromatic carbocycles. The van der Waals surface area contributed by atoms with E-state index in [0.717, 1.165) is 42.6 Å². The van der Waals surface area contributed by atoms with Gasteiger partial charge in [-0.15, -0.1) is 0 Å². The Morgan fingerprint density at radius 3 is 2.68 bits per heavy atom. The van der Waals surface area contributed by atoms with E-state index in [1.807, 2.05) is 6.26 Å². The lowest BCUT2D eigenvalue weighted by Gasteiger charge is -2.31. The summed E-state index contributed by atoms with van der Waals surface area (Å²) < 4.78 is 37.2. The van der Waals surface area contributed by atoms with Crippen LogP contribution < -0.4 is 5.32 Å². The van der Waals surface area contributed by atoms with E-state index in [1.54, 1.807) is 23.9 Å². The molecule has 1 aliphatic carbocycles. The number of rotatable bonds is 6. The first-order chi connectivity index (χ1) is 10.4. The van der Waals surface area contributed by atoms with Crippen molar-refractivity contribution in [3.05, 3.63) is 35.1 Å². The maximum atomic E-state index is 13.4. The van der Waals surface area contributed by atoms with Crippen LogP contribution in [0.2, 0.25) is 0 Å². The fourth-order valence-corrected chi connectivity index (χ4v) is 5.14. The van der Waals surface area contributed by atoms with E-state index in [9.17, 15) is 12.8 Å². The zero-order valence-electron chi connectivity index (χ0n) is 13.1. The molecule has 0 unspecified atom stereocenters. The van der Waals surface area contributed by atoms with Gasteiger partial charge in [-0.3, -0.25) is 0 Å². The molecule has 1 N–H and O–H groups in total. The highest BCUT2D eigenvalue weighted by Crippen LogP contribution is 2.25. The average molecular weight is 346 g/mol. The average Bonchev–Trinajstić information content (AvgIpc) is 2.46. The summed E-state index contributed by atoms with van der Waals surface area (Å²) in [4.78, 5) is 0. The van der Waals surface area contributed by atoms with Crippen LogP contribution in [0.3, 0.4) is 0 Å². The third-order valence-electron chi connectivity index (χ3n) is 4.28. The van der Waals surface area contributed by atoms with E-state index in [0.29, 0.717) is 6.54 Å². The Labute approximate surface area is 137 Å². The second kappa shape index (κ2) is 7.79. The Balaban J connectivity index is 2.08. The standard InChI is InChI=1S/C16H24FNO2S2/c1-21-11-13-9-14(17)8-7-12(13)10-18-15-5-3-4-6-16(15)22(2,19)20/h7-9,15-16,18H,3-6,10-11H2,1-2H3/t15-,16+/m1/s1. The van der Waals surface area contributed by atoms with Gasteiger partial charge in [0, 0.05) is 24.6 Å². The molecular weight excluding hydrogens is 321 g/mol. The normalized spacial score (nSPS) is 22.7. The molecule has 0 aromatic heterocycles. The minimum absolute atomic E-state index is 0.00377. The van der Waals surface area contributed by atoms with Crippen molar-refractivity contribution in [2.75, 3.05) is 12.5 Å². The number of benzene rings is 1. The first-order valence-electron chi connectivity index (χ1n) is 7.60. The quantitative estimate of drug-likeness (QED) is 0.860. The van der Waals surface area contributed by atoms with E-state index in [4.69, 9.17) is 0 Å². The first kappa shape index (κ1) is 17.8. The lowest BCUT2D eigenvalue weighted by molar-refractivity contribution is 0.370. The first-order valence-corrected chi connectivity index (χ1v) is 10.9. The summed E-state index contributed by atoms with van der Waals surface area (Å²) in [6.07, 6.45) is 6.97. The lowest BCUT2D eigenvalue weighted by atomic mass is 9.94. The van der Waals surface area contributed by atoms with E-state index < -0.39 is 9.84 Å². The zero-order valence-corrected chi connectivity index (χ0v) is 14.8. The molecule has 0 radical (unpaired) electrons. The second-order valence-corrected chi connectivity index (χ2v) is 9.12. The van der Waals surface area contributed by atoms with Gasteiger partial charge in [-0.05, 0) is 42.4 Å². The zero-order chi connectivity index (χ0) is 16.2. The fraction of sp³-hybridized carbons (Fsp3) is 0.625. The van der Waals surface area contributed by atoms with Crippen molar-refractivity contribution in [1.82, 2.24) is 5.32 Å². The van der Waals surface area contributed by atoms with E-state index in [-0.39, 0.29) is 17.1 Å². The molecule has 3 nitrogen and oxygen atoms in total. The van der Waals surface area contributed by atoms with Crippen LogP contribution in [0.25, 0.3) is 0 Å². The molecule has 0 saturated heterocycles. The molecule has 1 aromatic rings. The van der Waals surface area contributed by atoms with E-state index in [1.165, 1.54) is 12.3 Å². The van der Waals surface area contributed by atoms with Gasteiger partial charge in [0.05, 0.1) is 5.25 Å². The van der Waals surface area contributed by atoms with Crippen molar-refractivity contribution < 1.29 is 12.8 Å². The number of thioether (sulfide) groups is 1. The smallest absolute Gasteiger partial charge is 0.151 e. The highest BCUT2D eigenvalue weighted by atomic mass is 32.2. The minimum Gasteiger partial charge on any atom is -0.309 e. The van der Waals surface area contributed by atoms with Crippen molar-refractivity contribution in [3.8, 4) is 0 Å². The molecule has 0 amide bonds. The molecule has 0 heterocycles. The molecule has 1 aliphatic rings. The summed E-state index contributed by atoms with van der Waals surface area (Å²) in [6.45, 7) is 0.590. The van der Waals surface area contributed by atoms with Crippen LogP contribution in [-0.4, -0.2) is 32.2 Å². The van der Waals surface area contributed by atoms with Crippen LogP contribution in [0.4, 0.5) is 4.39 Å². The SMILES string of the molecule is CSCc1cc(F)ccc1CN[C@@H]1CCCC[C@@H]1S(C)(=O)=O. The van der Waals surface area contributed by atoms with Gasteiger partial charge in [-0.25, -0.2) is 12.8 Å². The third kappa shape index (κ3) is 4.70. The molecule has 1 saturated carbocycles. The van der Waals surface area contributed by atoms with Crippen LogP contribution in [0, 0.1) is 5.82 Å². The highest BCUT2D eigenvalue weighted by molar-refractivity contribution is 7.97. The number of halogens is 1. The Kier molecular flexibility index (Phi) is 6.29. The van der Waals surface area contributed by atoms with Gasteiger partial charge >= 0.3 is 0 Å². The van der Waals surface area contributed by atoms with Crippen LogP contribution >= 0.6 is 11.8 Å². The molecule has 2 rings (SSSR count). The second-order valence-electron chi connectivity index (χ2n) is 5.99. The fourth-order valence-electron chi connectivity index (χ4n) is 3.14. The summed E-state index contributed by atoms with van der Waals surface area (Å²) >= 11 is 1.65. The number of sulfone groups is 1. The summed E-state index contributed by atoms with van der Waals surface area (Å²) in [5.41, 5.74) is 2.03. The summed E-state index contributed by atoms with van der Waals surface area (Å²) in [7, 11) is -3.03. The van der Waals surface area contributed by atoms with Crippen molar-refractivity contribution in [1.29, 1.82) is 0 Å². The predicted octanol–water partition coefficient (Wildman–Crippen LogP) is 3.13. The van der Waals surface area contributed by atoms with Gasteiger partial charge in [0.1, 0.15) is 5.82 Å². The number of nitrogens with one attached hydrogen (secondary N) is 1. The molecule has 0 bridgehead atoms. The van der Waals surface area contributed by atoms with Gasteiger partial charge in [-0.1, -0.05) is 18.9 Å². The molecule has 0 aliphatic heterocycles. The molecule has 22 heavy (non-hydrogen) atoms. The van der Waals surface area contributed by atoms with Crippen molar-refractivity contribution in [2.24, 2.45) is 0 Å². The van der Waals surface area contributed by atoms with Crippen molar-refractivity contribution in [3.63, 3.8) is 0 Å². The highest BCUT2D eigenvalue weighted by Gasteiger charge is 2.32. The van der Waals surface area contributed by atoms with Gasteiger partial charge in [0.15, 0.2) is 9.84 Å². The molecule has 2 atom stereocenters. The van der Waals surface area contributed by atoms with Crippen LogP contribution in [0.15, 0.2) is 18.2 Å². The van der Waals surface area contributed by atoms with Gasteiger partial charge < -0.3 is 5.32 Å². The molecule has 6 heteroatoms. The third-order valence-corrected chi connectivity index (χ3v) is 6.54. The Bertz CT molecular complexity index is 604. The van der Waals surface area contributed by atoms with Gasteiger partial charge in [-0.2, -0.15) is 11.8 Å². The topological polar surface area (TPSA) is 46.2 Å². The summed E-state index contributed by atoms with van der Waals surface area (Å²) in [5, 5.41) is 3.10. The molecule has 0 spiro atoms. The van der Waals surface area contributed by atoms with E-state index in [2.05, 4.69) is 5.32 Å². The van der Waals surface area contributed by atoms with Crippen LogP contribution in [0.1, 0.15) is 36.8 Å². The van der Waals surface area contributed by atoms with E-state index >= 15 is 0 Å². The molecule has 1 fully saturated rings. The van der Waals surface area contributed by atoms with Crippen LogP contribution in [0.5, 0.6) is 0 Å². The van der Waals surface area contributed by atoms with Gasteiger partial charge in [0.25, 0.3) is 0 Å². The lowest BCUT2D eigenvalue weighted by Crippen LogP contribution is -2.45. The van der Waals surface area contributed by atoms with Gasteiger partial charge in [0.2, 0.25) is 0 Å². The number of hydrogen-bond acceptors (Lipinski definition) is 4. The maximum Gasteiger partial charge on any atom is 0.151 e. The molecular formula is C16H24FNO2S2. The van der Waals surface area contributed by atoms with Crippen molar-refractivity contribution >= 4 is 21.6 Å². The van der Waals surface area contributed by atoms with Crippen LogP contribution in [-0.2, 0) is 22.1 Å². The monoisotopic (exact) mass is 345 g/mol. The Morgan fingerprint density at radius 1 is 1.27 bits per heavy atom. The largest absolute Gasteiger partial charge is 0.309 e.